The van der Waals surface area contributed by atoms with Gasteiger partial charge in [-0.1, -0.05) is 78.9 Å². The molecule has 0 unspecified atom stereocenters. The molecule has 0 amide bonds. The van der Waals surface area contributed by atoms with Gasteiger partial charge in [0.05, 0.1) is 32.6 Å². The van der Waals surface area contributed by atoms with Crippen molar-refractivity contribution in [3.8, 4) is 67.8 Å². The van der Waals surface area contributed by atoms with Gasteiger partial charge in [-0.05, 0) is 30.3 Å². The lowest BCUT2D eigenvalue weighted by Crippen LogP contribution is -1.88. The molecule has 0 bridgehead atoms. The molecule has 2 heterocycles. The van der Waals surface area contributed by atoms with Crippen LogP contribution >= 0.6 is 0 Å². The molecular formula is C36H24N6O4. The normalized spacial score (nSPS) is 11.0. The topological polar surface area (TPSA) is 144 Å². The Bertz CT molecular complexity index is 2040. The van der Waals surface area contributed by atoms with E-state index in [1.54, 1.807) is 24.3 Å². The summed E-state index contributed by atoms with van der Waals surface area (Å²) in [4.78, 5) is 38.4. The van der Waals surface area contributed by atoms with Crippen LogP contribution in [-0.4, -0.2) is 29.8 Å². The largest absolute Gasteiger partial charge is 0.337 e. The van der Waals surface area contributed by atoms with Crippen molar-refractivity contribution in [3.63, 3.8) is 0 Å². The van der Waals surface area contributed by atoms with E-state index in [1.807, 2.05) is 84.9 Å². The van der Waals surface area contributed by atoms with Crippen molar-refractivity contribution in [2.24, 2.45) is 0 Å². The predicted octanol–water partition coefficient (Wildman–Crippen LogP) is 8.95. The summed E-state index contributed by atoms with van der Waals surface area (Å²) in [6.07, 6.45) is 0. The Kier molecular flexibility index (Phi) is 7.20. The van der Waals surface area contributed by atoms with Gasteiger partial charge in [0.25, 0.3) is 11.4 Å². The molecule has 10 nitrogen and oxygen atoms in total. The van der Waals surface area contributed by atoms with Crippen LogP contribution in [0, 0.1) is 20.2 Å². The quantitative estimate of drug-likeness (QED) is 0.131. The van der Waals surface area contributed by atoms with Gasteiger partial charge in [-0.15, -0.1) is 0 Å². The van der Waals surface area contributed by atoms with E-state index >= 15 is 0 Å². The molecule has 0 aliphatic heterocycles. The van der Waals surface area contributed by atoms with Gasteiger partial charge in [0.15, 0.2) is 0 Å². The number of benzene rings is 5. The van der Waals surface area contributed by atoms with E-state index in [1.165, 1.54) is 24.3 Å². The zero-order valence-electron chi connectivity index (χ0n) is 24.1. The molecule has 46 heavy (non-hydrogen) atoms. The van der Waals surface area contributed by atoms with E-state index in [4.69, 9.17) is 9.97 Å². The van der Waals surface area contributed by atoms with E-state index in [-0.39, 0.29) is 11.4 Å². The summed E-state index contributed by atoms with van der Waals surface area (Å²) in [5.41, 5.74) is 8.09. The highest BCUT2D eigenvalue weighted by molar-refractivity contribution is 5.86. The van der Waals surface area contributed by atoms with Crippen molar-refractivity contribution < 1.29 is 9.85 Å². The van der Waals surface area contributed by atoms with Crippen LogP contribution in [0.25, 0.3) is 67.8 Å². The van der Waals surface area contributed by atoms with Crippen LogP contribution in [0.1, 0.15) is 0 Å². The fraction of sp³-hybridized carbons (Fsp3) is 0. The second-order valence-electron chi connectivity index (χ2n) is 10.5. The van der Waals surface area contributed by atoms with Crippen molar-refractivity contribution in [2.45, 2.75) is 0 Å². The van der Waals surface area contributed by atoms with Gasteiger partial charge in [0.1, 0.15) is 11.6 Å². The Balaban J connectivity index is 1.35. The molecule has 0 spiro atoms. The van der Waals surface area contributed by atoms with Crippen molar-refractivity contribution in [1.29, 1.82) is 0 Å². The minimum atomic E-state index is -0.427. The smallest absolute Gasteiger partial charge is 0.269 e. The molecular weight excluding hydrogens is 580 g/mol. The molecule has 0 saturated heterocycles. The molecule has 7 rings (SSSR count). The number of nitrogens with zero attached hydrogens (tertiary/aromatic N) is 4. The van der Waals surface area contributed by atoms with Crippen LogP contribution in [0.2, 0.25) is 0 Å². The maximum absolute atomic E-state index is 11.2. The number of H-pyrrole nitrogens is 2. The summed E-state index contributed by atoms with van der Waals surface area (Å²) in [7, 11) is 0. The summed E-state index contributed by atoms with van der Waals surface area (Å²) in [6, 6.07) is 40.2. The van der Waals surface area contributed by atoms with Crippen LogP contribution < -0.4 is 0 Å². The van der Waals surface area contributed by atoms with E-state index < -0.39 is 9.85 Å². The second-order valence-corrected chi connectivity index (χ2v) is 10.5. The lowest BCUT2D eigenvalue weighted by molar-refractivity contribution is -0.385. The molecule has 0 atom stereocenters. The third kappa shape index (κ3) is 5.42. The number of nitro groups is 2. The SMILES string of the molecule is O=[N+]([O-])c1ccc(-c2nc(-c3cccc(-c4[nH]c(-c5ccc([N+](=O)[O-])cc5)nc4-c4ccccc4)c3)c(-c3ccccc3)[nH]2)cc1. The second kappa shape index (κ2) is 11.8. The van der Waals surface area contributed by atoms with Gasteiger partial charge in [-0.2, -0.15) is 0 Å². The van der Waals surface area contributed by atoms with Gasteiger partial charge in [-0.3, -0.25) is 20.2 Å². The highest BCUT2D eigenvalue weighted by Gasteiger charge is 2.20. The zero-order valence-corrected chi connectivity index (χ0v) is 24.1. The van der Waals surface area contributed by atoms with Gasteiger partial charge in [-0.25, -0.2) is 9.97 Å². The number of hydrogen-bond donors (Lipinski definition) is 2. The average molecular weight is 605 g/mol. The molecule has 0 aliphatic rings. The Hall–Kier alpha value is -6.68. The maximum atomic E-state index is 11.2. The molecule has 7 aromatic rings. The molecule has 0 radical (unpaired) electrons. The van der Waals surface area contributed by atoms with E-state index in [2.05, 4.69) is 9.97 Å². The van der Waals surface area contributed by atoms with E-state index in [0.29, 0.717) is 11.6 Å². The minimum Gasteiger partial charge on any atom is -0.337 e. The third-order valence-corrected chi connectivity index (χ3v) is 7.65. The number of hydrogen-bond acceptors (Lipinski definition) is 6. The van der Waals surface area contributed by atoms with E-state index in [0.717, 1.165) is 56.2 Å². The Morgan fingerprint density at radius 3 is 1.35 bits per heavy atom. The summed E-state index contributed by atoms with van der Waals surface area (Å²) >= 11 is 0. The zero-order chi connectivity index (χ0) is 31.6. The van der Waals surface area contributed by atoms with Gasteiger partial charge in [0, 0.05) is 57.6 Å². The third-order valence-electron chi connectivity index (χ3n) is 7.65. The highest BCUT2D eigenvalue weighted by Crippen LogP contribution is 2.38. The van der Waals surface area contributed by atoms with Crippen LogP contribution in [0.4, 0.5) is 11.4 Å². The molecule has 2 N–H and O–H groups in total. The molecule has 0 fully saturated rings. The van der Waals surface area contributed by atoms with Gasteiger partial charge >= 0.3 is 0 Å². The Morgan fingerprint density at radius 2 is 0.848 bits per heavy atom. The lowest BCUT2D eigenvalue weighted by atomic mass is 10.00. The predicted molar refractivity (Wildman–Crippen MR) is 177 cm³/mol. The van der Waals surface area contributed by atoms with Gasteiger partial charge < -0.3 is 9.97 Å². The maximum Gasteiger partial charge on any atom is 0.269 e. The summed E-state index contributed by atoms with van der Waals surface area (Å²) in [6.45, 7) is 0. The summed E-state index contributed by atoms with van der Waals surface area (Å²) < 4.78 is 0. The lowest BCUT2D eigenvalue weighted by Gasteiger charge is -2.07. The van der Waals surface area contributed by atoms with Crippen molar-refractivity contribution in [1.82, 2.24) is 19.9 Å². The molecule has 0 saturated carbocycles. The van der Waals surface area contributed by atoms with Crippen LogP contribution in [0.3, 0.4) is 0 Å². The number of non-ortho nitro benzene ring substituents is 2. The van der Waals surface area contributed by atoms with Crippen LogP contribution in [-0.2, 0) is 0 Å². The molecule has 222 valence electrons. The first kappa shape index (κ1) is 28.1. The molecule has 5 aromatic carbocycles. The van der Waals surface area contributed by atoms with E-state index in [9.17, 15) is 20.2 Å². The summed E-state index contributed by atoms with van der Waals surface area (Å²) in [5, 5.41) is 22.4. The fourth-order valence-electron chi connectivity index (χ4n) is 5.36. The Labute approximate surface area is 262 Å². The number of imidazole rings is 2. The van der Waals surface area contributed by atoms with Crippen molar-refractivity contribution in [3.05, 3.63) is 154 Å². The summed E-state index contributed by atoms with van der Waals surface area (Å²) in [5.74, 6) is 1.17. The first-order valence-electron chi connectivity index (χ1n) is 14.4. The standard InChI is InChI=1S/C36H24N6O4/c43-41(44)29-18-14-25(15-19-29)35-37-31(23-8-3-1-4-9-23)33(39-35)27-12-7-13-28(22-27)34-32(24-10-5-2-6-11-24)38-36(40-34)26-16-20-30(21-17-26)42(45)46/h1-22H,(H,37,39)(H,38,40). The van der Waals surface area contributed by atoms with Gasteiger partial charge in [0.2, 0.25) is 0 Å². The number of aromatic nitrogens is 4. The number of aromatic amines is 2. The van der Waals surface area contributed by atoms with Crippen LogP contribution in [0.15, 0.2) is 133 Å². The first-order chi connectivity index (χ1) is 22.4. The molecule has 10 heteroatoms. The highest BCUT2D eigenvalue weighted by atomic mass is 16.6. The minimum absolute atomic E-state index is 0.00725. The number of nitrogens with one attached hydrogen (secondary N) is 2. The molecule has 0 aliphatic carbocycles. The monoisotopic (exact) mass is 604 g/mol. The van der Waals surface area contributed by atoms with Crippen molar-refractivity contribution in [2.75, 3.05) is 0 Å². The van der Waals surface area contributed by atoms with Crippen LogP contribution in [0.5, 0.6) is 0 Å². The Morgan fingerprint density at radius 1 is 0.435 bits per heavy atom. The van der Waals surface area contributed by atoms with Crippen molar-refractivity contribution >= 4 is 11.4 Å². The fourth-order valence-corrected chi connectivity index (χ4v) is 5.36. The number of nitro benzene ring substituents is 2. The number of rotatable bonds is 8. The average Bonchev–Trinajstić information content (AvgIpc) is 3.76. The first-order valence-corrected chi connectivity index (χ1v) is 14.4. The molecule has 2 aromatic heterocycles.